The van der Waals surface area contributed by atoms with Gasteiger partial charge in [0, 0.05) is 13.2 Å². The summed E-state index contributed by atoms with van der Waals surface area (Å²) >= 11 is 1.34. The topological polar surface area (TPSA) is 82.5 Å². The van der Waals surface area contributed by atoms with Gasteiger partial charge in [-0.1, -0.05) is 0 Å². The molecule has 1 saturated carbocycles. The molecule has 0 unspecified atom stereocenters. The zero-order valence-electron chi connectivity index (χ0n) is 13.8. The standard InChI is InChI=1S/C17H21N3O4S/c21-15(7-20-10-18-13-4-6-25-16(13)17(20)22)19-12-3-5-23-9-14(12)24-8-11-1-2-11/h4,6,10-12,14H,1-3,5,7-9H2,(H,19,21)/t12-,14-/m1/s1. The predicted molar refractivity (Wildman–Crippen MR) is 93.7 cm³/mol. The van der Waals surface area contributed by atoms with Crippen LogP contribution < -0.4 is 10.9 Å². The summed E-state index contributed by atoms with van der Waals surface area (Å²) in [5, 5.41) is 4.83. The molecule has 25 heavy (non-hydrogen) atoms. The molecule has 4 rings (SSSR count). The van der Waals surface area contributed by atoms with E-state index in [-0.39, 0.29) is 30.2 Å². The number of ether oxygens (including phenoxy) is 2. The van der Waals surface area contributed by atoms with Crippen molar-refractivity contribution in [2.45, 2.75) is 38.0 Å². The molecule has 7 nitrogen and oxygen atoms in total. The number of nitrogens with one attached hydrogen (secondary N) is 1. The van der Waals surface area contributed by atoms with Gasteiger partial charge in [-0.15, -0.1) is 11.3 Å². The highest BCUT2D eigenvalue weighted by molar-refractivity contribution is 7.17. The Hall–Kier alpha value is -1.77. The van der Waals surface area contributed by atoms with E-state index in [2.05, 4.69) is 10.3 Å². The average molecular weight is 363 g/mol. The van der Waals surface area contributed by atoms with E-state index >= 15 is 0 Å². The number of rotatable bonds is 6. The number of hydrogen-bond donors (Lipinski definition) is 1. The van der Waals surface area contributed by atoms with Crippen LogP contribution in [0.15, 0.2) is 22.6 Å². The highest BCUT2D eigenvalue weighted by atomic mass is 32.1. The second-order valence-electron chi connectivity index (χ2n) is 6.67. The minimum absolute atomic E-state index is 0.0353. The van der Waals surface area contributed by atoms with Crippen LogP contribution in [-0.4, -0.2) is 47.4 Å². The number of hydrogen-bond acceptors (Lipinski definition) is 6. The van der Waals surface area contributed by atoms with E-state index in [1.807, 2.05) is 5.38 Å². The maximum atomic E-state index is 12.4. The lowest BCUT2D eigenvalue weighted by Crippen LogP contribution is -2.51. The van der Waals surface area contributed by atoms with Crippen LogP contribution in [0.4, 0.5) is 0 Å². The highest BCUT2D eigenvalue weighted by Crippen LogP contribution is 2.29. The fourth-order valence-corrected chi connectivity index (χ4v) is 3.78. The van der Waals surface area contributed by atoms with Gasteiger partial charge in [0.05, 0.1) is 24.5 Å². The Bertz CT molecular complexity index is 814. The van der Waals surface area contributed by atoms with Crippen molar-refractivity contribution < 1.29 is 14.3 Å². The van der Waals surface area contributed by atoms with Crippen molar-refractivity contribution >= 4 is 27.5 Å². The molecule has 1 N–H and O–H groups in total. The van der Waals surface area contributed by atoms with E-state index in [4.69, 9.17) is 9.47 Å². The van der Waals surface area contributed by atoms with Gasteiger partial charge < -0.3 is 14.8 Å². The first-order chi connectivity index (χ1) is 12.2. The van der Waals surface area contributed by atoms with Crippen molar-refractivity contribution in [2.75, 3.05) is 19.8 Å². The van der Waals surface area contributed by atoms with Gasteiger partial charge in [0.15, 0.2) is 0 Å². The quantitative estimate of drug-likeness (QED) is 0.833. The molecule has 3 heterocycles. The van der Waals surface area contributed by atoms with Gasteiger partial charge in [-0.2, -0.15) is 0 Å². The van der Waals surface area contributed by atoms with Gasteiger partial charge in [-0.05, 0) is 36.6 Å². The lowest BCUT2D eigenvalue weighted by atomic mass is 10.1. The van der Waals surface area contributed by atoms with E-state index in [1.165, 1.54) is 35.1 Å². The van der Waals surface area contributed by atoms with Crippen LogP contribution in [-0.2, 0) is 20.8 Å². The predicted octanol–water partition coefficient (Wildman–Crippen LogP) is 1.16. The van der Waals surface area contributed by atoms with E-state index < -0.39 is 0 Å². The van der Waals surface area contributed by atoms with Gasteiger partial charge >= 0.3 is 0 Å². The Labute approximate surface area is 149 Å². The smallest absolute Gasteiger partial charge is 0.271 e. The fourth-order valence-electron chi connectivity index (χ4n) is 2.98. The number of thiophene rings is 1. The molecule has 8 heteroatoms. The second kappa shape index (κ2) is 7.23. The normalized spacial score (nSPS) is 23.7. The first-order valence-electron chi connectivity index (χ1n) is 8.62. The lowest BCUT2D eigenvalue weighted by molar-refractivity contribution is -0.126. The maximum absolute atomic E-state index is 12.4. The molecule has 1 amide bonds. The minimum atomic E-state index is -0.202. The van der Waals surface area contributed by atoms with Crippen LogP contribution >= 0.6 is 11.3 Å². The molecule has 0 radical (unpaired) electrons. The van der Waals surface area contributed by atoms with Crippen molar-refractivity contribution in [3.8, 4) is 0 Å². The molecule has 2 atom stereocenters. The Kier molecular flexibility index (Phi) is 4.82. The molecule has 1 aliphatic carbocycles. The number of carbonyl (C=O) groups excluding carboxylic acids is 1. The zero-order chi connectivity index (χ0) is 17.2. The van der Waals surface area contributed by atoms with E-state index in [0.717, 1.165) is 13.0 Å². The van der Waals surface area contributed by atoms with E-state index in [9.17, 15) is 9.59 Å². The molecule has 134 valence electrons. The second-order valence-corrected chi connectivity index (χ2v) is 7.58. The lowest BCUT2D eigenvalue weighted by Gasteiger charge is -2.32. The minimum Gasteiger partial charge on any atom is -0.379 e. The third-order valence-electron chi connectivity index (χ3n) is 4.64. The highest BCUT2D eigenvalue weighted by Gasteiger charge is 2.30. The fraction of sp³-hybridized carbons (Fsp3) is 0.588. The summed E-state index contributed by atoms with van der Waals surface area (Å²) in [6.45, 7) is 1.81. The van der Waals surface area contributed by atoms with Gasteiger partial charge in [0.1, 0.15) is 17.3 Å². The number of nitrogens with zero attached hydrogens (tertiary/aromatic N) is 2. The molecule has 2 aromatic rings. The number of carbonyl (C=O) groups is 1. The Morgan fingerprint density at radius 3 is 3.16 bits per heavy atom. The first-order valence-corrected chi connectivity index (χ1v) is 9.50. The Morgan fingerprint density at radius 2 is 2.32 bits per heavy atom. The van der Waals surface area contributed by atoms with E-state index in [1.54, 1.807) is 6.07 Å². The summed E-state index contributed by atoms with van der Waals surface area (Å²) < 4.78 is 13.3. The molecule has 1 aliphatic heterocycles. The van der Waals surface area contributed by atoms with Gasteiger partial charge in [0.25, 0.3) is 5.56 Å². The monoisotopic (exact) mass is 363 g/mol. The largest absolute Gasteiger partial charge is 0.379 e. The summed E-state index contributed by atoms with van der Waals surface area (Å²) in [7, 11) is 0. The van der Waals surface area contributed by atoms with E-state index in [0.29, 0.717) is 29.3 Å². The molecular formula is C17H21N3O4S. The summed E-state index contributed by atoms with van der Waals surface area (Å²) in [5.41, 5.74) is 0.494. The van der Waals surface area contributed by atoms with Crippen molar-refractivity contribution in [1.29, 1.82) is 0 Å². The summed E-state index contributed by atoms with van der Waals surface area (Å²) in [5.74, 6) is 0.465. The summed E-state index contributed by atoms with van der Waals surface area (Å²) in [6.07, 6.45) is 4.49. The first kappa shape index (κ1) is 16.7. The Morgan fingerprint density at radius 1 is 1.44 bits per heavy atom. The number of fused-ring (bicyclic) bond motifs is 1. The van der Waals surface area contributed by atoms with Crippen LogP contribution in [0.1, 0.15) is 19.3 Å². The van der Waals surface area contributed by atoms with Gasteiger partial charge in [-0.3, -0.25) is 14.2 Å². The molecule has 2 fully saturated rings. The molecule has 0 spiro atoms. The number of aromatic nitrogens is 2. The van der Waals surface area contributed by atoms with Crippen molar-refractivity contribution in [2.24, 2.45) is 5.92 Å². The van der Waals surface area contributed by atoms with Crippen molar-refractivity contribution in [1.82, 2.24) is 14.9 Å². The van der Waals surface area contributed by atoms with Crippen LogP contribution in [0.3, 0.4) is 0 Å². The molecule has 2 aromatic heterocycles. The average Bonchev–Trinajstić information content (AvgIpc) is 3.31. The maximum Gasteiger partial charge on any atom is 0.271 e. The molecule has 0 aromatic carbocycles. The summed E-state index contributed by atoms with van der Waals surface area (Å²) in [6, 6.07) is 1.73. The van der Waals surface area contributed by atoms with Crippen LogP contribution in [0.5, 0.6) is 0 Å². The van der Waals surface area contributed by atoms with Crippen LogP contribution in [0.25, 0.3) is 10.2 Å². The van der Waals surface area contributed by atoms with Crippen LogP contribution in [0, 0.1) is 5.92 Å². The van der Waals surface area contributed by atoms with Gasteiger partial charge in [0.2, 0.25) is 5.91 Å². The zero-order valence-corrected chi connectivity index (χ0v) is 14.7. The third-order valence-corrected chi connectivity index (χ3v) is 5.53. The van der Waals surface area contributed by atoms with Crippen molar-refractivity contribution in [3.63, 3.8) is 0 Å². The van der Waals surface area contributed by atoms with Crippen molar-refractivity contribution in [3.05, 3.63) is 28.1 Å². The Balaban J connectivity index is 1.39. The third kappa shape index (κ3) is 3.91. The molecule has 1 saturated heterocycles. The summed E-state index contributed by atoms with van der Waals surface area (Å²) in [4.78, 5) is 29.0. The van der Waals surface area contributed by atoms with Gasteiger partial charge in [-0.25, -0.2) is 4.98 Å². The molecule has 0 bridgehead atoms. The molecule has 2 aliphatic rings. The van der Waals surface area contributed by atoms with Crippen LogP contribution in [0.2, 0.25) is 0 Å². The number of amides is 1. The molecular weight excluding hydrogens is 342 g/mol. The SMILES string of the molecule is O=C(Cn1cnc2ccsc2c1=O)N[C@@H]1CCOC[C@H]1OCC1CC1.